The first-order chi connectivity index (χ1) is 8.16. The summed E-state index contributed by atoms with van der Waals surface area (Å²) in [6.45, 7) is 2.19. The van der Waals surface area contributed by atoms with E-state index >= 15 is 0 Å². The maximum Gasteiger partial charge on any atom is 0.125 e. The Morgan fingerprint density at radius 1 is 1.29 bits per heavy atom. The first-order valence-electron chi connectivity index (χ1n) is 6.48. The molecule has 0 aliphatic heterocycles. The second-order valence-corrected chi connectivity index (χ2v) is 5.06. The van der Waals surface area contributed by atoms with Crippen molar-refractivity contribution in [2.24, 2.45) is 5.92 Å². The molecule has 2 rings (SSSR count). The summed E-state index contributed by atoms with van der Waals surface area (Å²) in [5.41, 5.74) is 7.14. The van der Waals surface area contributed by atoms with Gasteiger partial charge in [0.2, 0.25) is 0 Å². The van der Waals surface area contributed by atoms with Crippen molar-refractivity contribution in [3.63, 3.8) is 0 Å². The van der Waals surface area contributed by atoms with E-state index in [9.17, 15) is 4.39 Å². The summed E-state index contributed by atoms with van der Waals surface area (Å²) in [7, 11) is 0. The van der Waals surface area contributed by atoms with Gasteiger partial charge in [0, 0.05) is 6.04 Å². The molecule has 0 radical (unpaired) electrons. The van der Waals surface area contributed by atoms with Crippen molar-refractivity contribution in [1.29, 1.82) is 0 Å². The standard InChI is InChI=1S/C14H21FN2/c1-10(11-5-3-2-4-6-11)17-14-8-7-12(15)9-13(14)16/h7-11,17H,2-6,16H2,1H3. The summed E-state index contributed by atoms with van der Waals surface area (Å²) in [5.74, 6) is 0.437. The van der Waals surface area contributed by atoms with Crippen LogP contribution in [-0.4, -0.2) is 6.04 Å². The molecule has 1 aromatic rings. The van der Waals surface area contributed by atoms with Crippen LogP contribution in [0, 0.1) is 11.7 Å². The summed E-state index contributed by atoms with van der Waals surface area (Å²) in [6, 6.07) is 4.95. The number of anilines is 2. The Morgan fingerprint density at radius 2 is 2.00 bits per heavy atom. The smallest absolute Gasteiger partial charge is 0.125 e. The van der Waals surface area contributed by atoms with Gasteiger partial charge < -0.3 is 11.1 Å². The van der Waals surface area contributed by atoms with Gasteiger partial charge in [0.15, 0.2) is 0 Å². The second-order valence-electron chi connectivity index (χ2n) is 5.06. The lowest BCUT2D eigenvalue weighted by Crippen LogP contribution is -2.28. The quantitative estimate of drug-likeness (QED) is 0.784. The molecule has 1 aliphatic carbocycles. The lowest BCUT2D eigenvalue weighted by Gasteiger charge is -2.29. The van der Waals surface area contributed by atoms with Crippen LogP contribution >= 0.6 is 0 Å². The van der Waals surface area contributed by atoms with Crippen molar-refractivity contribution in [2.45, 2.75) is 45.1 Å². The van der Waals surface area contributed by atoms with Crippen LogP contribution < -0.4 is 11.1 Å². The van der Waals surface area contributed by atoms with Gasteiger partial charge in [0.25, 0.3) is 0 Å². The van der Waals surface area contributed by atoms with E-state index in [1.165, 1.54) is 44.2 Å². The van der Waals surface area contributed by atoms with Gasteiger partial charge in [-0.2, -0.15) is 0 Å². The van der Waals surface area contributed by atoms with Crippen molar-refractivity contribution < 1.29 is 4.39 Å². The average molecular weight is 236 g/mol. The predicted octanol–water partition coefficient (Wildman–Crippen LogP) is 3.79. The third-order valence-electron chi connectivity index (χ3n) is 3.75. The Kier molecular flexibility index (Phi) is 3.87. The van der Waals surface area contributed by atoms with Gasteiger partial charge in [-0.1, -0.05) is 19.3 Å². The molecule has 17 heavy (non-hydrogen) atoms. The van der Waals surface area contributed by atoms with E-state index in [2.05, 4.69) is 12.2 Å². The molecule has 1 aromatic carbocycles. The molecule has 3 N–H and O–H groups in total. The number of hydrogen-bond acceptors (Lipinski definition) is 2. The van der Waals surface area contributed by atoms with Crippen molar-refractivity contribution >= 4 is 11.4 Å². The molecule has 0 aromatic heterocycles. The highest BCUT2D eigenvalue weighted by Gasteiger charge is 2.20. The summed E-state index contributed by atoms with van der Waals surface area (Å²) in [5, 5.41) is 3.42. The molecule has 1 aliphatic rings. The van der Waals surface area contributed by atoms with Gasteiger partial charge in [-0.15, -0.1) is 0 Å². The average Bonchev–Trinajstić information content (AvgIpc) is 2.34. The van der Waals surface area contributed by atoms with Gasteiger partial charge in [-0.3, -0.25) is 0 Å². The first kappa shape index (κ1) is 12.2. The van der Waals surface area contributed by atoms with Crippen LogP contribution in [0.15, 0.2) is 18.2 Å². The van der Waals surface area contributed by atoms with E-state index in [-0.39, 0.29) is 5.82 Å². The zero-order valence-electron chi connectivity index (χ0n) is 10.4. The maximum atomic E-state index is 12.9. The SMILES string of the molecule is CC(Nc1ccc(F)cc1N)C1CCCCC1. The fraction of sp³-hybridized carbons (Fsp3) is 0.571. The Morgan fingerprint density at radius 3 is 2.65 bits per heavy atom. The third kappa shape index (κ3) is 3.11. The first-order valence-corrected chi connectivity index (χ1v) is 6.48. The Bertz CT molecular complexity index is 372. The van der Waals surface area contributed by atoms with E-state index in [0.29, 0.717) is 17.6 Å². The van der Waals surface area contributed by atoms with E-state index in [0.717, 1.165) is 5.69 Å². The summed E-state index contributed by atoms with van der Waals surface area (Å²) in [6.07, 6.45) is 6.59. The van der Waals surface area contributed by atoms with Crippen LogP contribution in [0.1, 0.15) is 39.0 Å². The van der Waals surface area contributed by atoms with Crippen molar-refractivity contribution in [3.05, 3.63) is 24.0 Å². The van der Waals surface area contributed by atoms with Gasteiger partial charge in [-0.25, -0.2) is 4.39 Å². The molecule has 0 heterocycles. The van der Waals surface area contributed by atoms with Crippen LogP contribution in [0.3, 0.4) is 0 Å². The number of benzene rings is 1. The molecule has 94 valence electrons. The monoisotopic (exact) mass is 236 g/mol. The highest BCUT2D eigenvalue weighted by atomic mass is 19.1. The Balaban J connectivity index is 1.99. The maximum absolute atomic E-state index is 12.9. The number of nitrogens with one attached hydrogen (secondary N) is 1. The van der Waals surface area contributed by atoms with Crippen LogP contribution in [0.25, 0.3) is 0 Å². The molecule has 1 unspecified atom stereocenters. The number of rotatable bonds is 3. The van der Waals surface area contributed by atoms with E-state index in [1.807, 2.05) is 0 Å². The molecule has 1 saturated carbocycles. The zero-order chi connectivity index (χ0) is 12.3. The van der Waals surface area contributed by atoms with Gasteiger partial charge >= 0.3 is 0 Å². The van der Waals surface area contributed by atoms with Crippen LogP contribution in [0.4, 0.5) is 15.8 Å². The number of halogens is 1. The largest absolute Gasteiger partial charge is 0.397 e. The van der Waals surface area contributed by atoms with Crippen LogP contribution in [0.5, 0.6) is 0 Å². The lowest BCUT2D eigenvalue weighted by atomic mass is 9.84. The molecule has 1 fully saturated rings. The molecule has 0 spiro atoms. The second kappa shape index (κ2) is 5.39. The molecule has 3 heteroatoms. The molecule has 0 saturated heterocycles. The Hall–Kier alpha value is -1.25. The van der Waals surface area contributed by atoms with Crippen molar-refractivity contribution in [1.82, 2.24) is 0 Å². The fourth-order valence-electron chi connectivity index (χ4n) is 2.66. The van der Waals surface area contributed by atoms with Crippen LogP contribution in [0.2, 0.25) is 0 Å². The van der Waals surface area contributed by atoms with Gasteiger partial charge in [0.1, 0.15) is 5.82 Å². The van der Waals surface area contributed by atoms with Crippen LogP contribution in [-0.2, 0) is 0 Å². The molecule has 0 amide bonds. The lowest BCUT2D eigenvalue weighted by molar-refractivity contribution is 0.328. The molecule has 0 bridgehead atoms. The van der Waals surface area contributed by atoms with Crippen molar-refractivity contribution in [3.8, 4) is 0 Å². The highest BCUT2D eigenvalue weighted by Crippen LogP contribution is 2.29. The van der Waals surface area contributed by atoms with Crippen molar-refractivity contribution in [2.75, 3.05) is 11.1 Å². The number of nitrogen functional groups attached to an aromatic ring is 1. The van der Waals surface area contributed by atoms with E-state index in [4.69, 9.17) is 5.73 Å². The van der Waals surface area contributed by atoms with E-state index in [1.54, 1.807) is 6.07 Å². The van der Waals surface area contributed by atoms with Gasteiger partial charge in [0.05, 0.1) is 11.4 Å². The minimum Gasteiger partial charge on any atom is -0.397 e. The normalized spacial score (nSPS) is 18.9. The molecular formula is C14H21FN2. The summed E-state index contributed by atoms with van der Waals surface area (Å²) in [4.78, 5) is 0. The zero-order valence-corrected chi connectivity index (χ0v) is 10.4. The number of nitrogens with two attached hydrogens (primary N) is 1. The molecule has 1 atom stereocenters. The molecule has 2 nitrogen and oxygen atoms in total. The summed E-state index contributed by atoms with van der Waals surface area (Å²) >= 11 is 0. The fourth-order valence-corrected chi connectivity index (χ4v) is 2.66. The highest BCUT2D eigenvalue weighted by molar-refractivity contribution is 5.66. The topological polar surface area (TPSA) is 38.0 Å². The van der Waals surface area contributed by atoms with E-state index < -0.39 is 0 Å². The summed E-state index contributed by atoms with van der Waals surface area (Å²) < 4.78 is 12.9. The minimum atomic E-state index is -0.279. The van der Waals surface area contributed by atoms with Gasteiger partial charge in [-0.05, 0) is 43.9 Å². The Labute approximate surface area is 102 Å². The molecular weight excluding hydrogens is 215 g/mol. The third-order valence-corrected chi connectivity index (χ3v) is 3.75. The minimum absolute atomic E-state index is 0.279. The number of hydrogen-bond donors (Lipinski definition) is 2. The predicted molar refractivity (Wildman–Crippen MR) is 70.5 cm³/mol.